The summed E-state index contributed by atoms with van der Waals surface area (Å²) >= 11 is 5.91. The molecule has 0 fully saturated rings. The third-order valence-electron chi connectivity index (χ3n) is 2.99. The third kappa shape index (κ3) is 3.00. The minimum atomic E-state index is -0.417. The Balaban J connectivity index is 2.24. The fourth-order valence-corrected chi connectivity index (χ4v) is 2.07. The molecular weight excluding hydrogens is 283 g/mol. The van der Waals surface area contributed by atoms with Gasteiger partial charge in [-0.25, -0.2) is 4.39 Å². The predicted octanol–water partition coefficient (Wildman–Crippen LogP) is 2.99. The molecular formula is C14H14ClFN2O2. The highest BCUT2D eigenvalue weighted by Gasteiger charge is 2.12. The van der Waals surface area contributed by atoms with Gasteiger partial charge in [-0.3, -0.25) is 4.98 Å². The zero-order valence-corrected chi connectivity index (χ0v) is 11.6. The van der Waals surface area contributed by atoms with Crippen LogP contribution >= 0.6 is 11.6 Å². The monoisotopic (exact) mass is 296 g/mol. The normalized spacial score (nSPS) is 10.6. The Morgan fingerprint density at radius 3 is 2.80 bits per heavy atom. The van der Waals surface area contributed by atoms with E-state index in [1.165, 1.54) is 24.4 Å². The summed E-state index contributed by atoms with van der Waals surface area (Å²) in [5.74, 6) is -0.388. The molecule has 1 heterocycles. The molecule has 0 unspecified atom stereocenters. The van der Waals surface area contributed by atoms with Crippen LogP contribution in [-0.4, -0.2) is 15.2 Å². The van der Waals surface area contributed by atoms with Crippen LogP contribution in [0.2, 0.25) is 5.02 Å². The molecule has 0 saturated heterocycles. The van der Waals surface area contributed by atoms with Gasteiger partial charge < -0.3 is 15.5 Å². The third-order valence-corrected chi connectivity index (χ3v) is 3.30. The Hall–Kier alpha value is -1.85. The zero-order chi connectivity index (χ0) is 14.7. The van der Waals surface area contributed by atoms with Crippen molar-refractivity contribution in [3.63, 3.8) is 0 Å². The number of aromatic nitrogens is 1. The van der Waals surface area contributed by atoms with Crippen LogP contribution in [0, 0.1) is 12.7 Å². The minimum absolute atomic E-state index is 0.0299. The van der Waals surface area contributed by atoms with Crippen LogP contribution in [0.4, 0.5) is 10.1 Å². The van der Waals surface area contributed by atoms with E-state index in [2.05, 4.69) is 10.3 Å². The molecule has 0 bridgehead atoms. The highest BCUT2D eigenvalue weighted by Crippen LogP contribution is 2.27. The first-order valence-electron chi connectivity index (χ1n) is 5.99. The van der Waals surface area contributed by atoms with Gasteiger partial charge in [-0.2, -0.15) is 0 Å². The van der Waals surface area contributed by atoms with Gasteiger partial charge in [-0.1, -0.05) is 11.6 Å². The molecule has 0 saturated carbocycles. The first-order valence-corrected chi connectivity index (χ1v) is 6.36. The van der Waals surface area contributed by atoms with E-state index in [4.69, 9.17) is 11.6 Å². The molecule has 0 aliphatic rings. The average molecular weight is 297 g/mol. The van der Waals surface area contributed by atoms with Crippen LogP contribution in [0.15, 0.2) is 24.4 Å². The van der Waals surface area contributed by atoms with Gasteiger partial charge in [0.25, 0.3) is 0 Å². The summed E-state index contributed by atoms with van der Waals surface area (Å²) in [5, 5.41) is 22.5. The summed E-state index contributed by atoms with van der Waals surface area (Å²) in [7, 11) is 0. The van der Waals surface area contributed by atoms with Gasteiger partial charge in [0, 0.05) is 23.9 Å². The van der Waals surface area contributed by atoms with Gasteiger partial charge in [0.15, 0.2) is 0 Å². The fourth-order valence-electron chi connectivity index (χ4n) is 1.83. The van der Waals surface area contributed by atoms with E-state index < -0.39 is 5.82 Å². The number of hydrogen-bond donors (Lipinski definition) is 3. The van der Waals surface area contributed by atoms with Crippen LogP contribution < -0.4 is 5.32 Å². The lowest BCUT2D eigenvalue weighted by Crippen LogP contribution is -2.06. The smallest absolute Gasteiger partial charge is 0.142 e. The van der Waals surface area contributed by atoms with Crippen molar-refractivity contribution in [1.29, 1.82) is 0 Å². The van der Waals surface area contributed by atoms with Crippen molar-refractivity contribution in [2.24, 2.45) is 0 Å². The molecule has 0 amide bonds. The SMILES string of the molecule is Cc1ncc(CO)c(CNc2ccc(F)cc2Cl)c1O. The van der Waals surface area contributed by atoms with Crippen LogP contribution in [-0.2, 0) is 13.2 Å². The summed E-state index contributed by atoms with van der Waals surface area (Å²) in [6.07, 6.45) is 1.51. The number of benzene rings is 1. The summed E-state index contributed by atoms with van der Waals surface area (Å²) in [4.78, 5) is 3.98. The maximum absolute atomic E-state index is 13.0. The molecule has 2 rings (SSSR count). The van der Waals surface area contributed by atoms with Crippen molar-refractivity contribution < 1.29 is 14.6 Å². The number of aliphatic hydroxyl groups is 1. The Bertz CT molecular complexity index is 635. The molecule has 6 heteroatoms. The number of aliphatic hydroxyl groups excluding tert-OH is 1. The largest absolute Gasteiger partial charge is 0.506 e. The minimum Gasteiger partial charge on any atom is -0.506 e. The second kappa shape index (κ2) is 6.07. The van der Waals surface area contributed by atoms with E-state index in [0.717, 1.165) is 0 Å². The standard InChI is InChI=1S/C14H14ClFN2O2/c1-8-14(20)11(9(7-19)5-17-8)6-18-13-3-2-10(16)4-12(13)15/h2-5,18-20H,6-7H2,1H3. The Morgan fingerprint density at radius 1 is 1.40 bits per heavy atom. The van der Waals surface area contributed by atoms with Crippen molar-refractivity contribution >= 4 is 17.3 Å². The molecule has 1 aromatic carbocycles. The van der Waals surface area contributed by atoms with Crippen LogP contribution in [0.5, 0.6) is 5.75 Å². The molecule has 0 atom stereocenters. The molecule has 106 valence electrons. The van der Waals surface area contributed by atoms with E-state index in [9.17, 15) is 14.6 Å². The van der Waals surface area contributed by atoms with Gasteiger partial charge in [0.1, 0.15) is 11.6 Å². The number of nitrogens with zero attached hydrogens (tertiary/aromatic N) is 1. The fraction of sp³-hybridized carbons (Fsp3) is 0.214. The summed E-state index contributed by atoms with van der Waals surface area (Å²) in [6, 6.07) is 4.01. The topological polar surface area (TPSA) is 65.4 Å². The number of hydrogen-bond acceptors (Lipinski definition) is 4. The maximum Gasteiger partial charge on any atom is 0.142 e. The van der Waals surface area contributed by atoms with Crippen molar-refractivity contribution in [3.8, 4) is 5.75 Å². The van der Waals surface area contributed by atoms with E-state index in [-0.39, 0.29) is 23.9 Å². The number of pyridine rings is 1. The first kappa shape index (κ1) is 14.6. The highest BCUT2D eigenvalue weighted by atomic mass is 35.5. The quantitative estimate of drug-likeness (QED) is 0.811. The molecule has 0 radical (unpaired) electrons. The van der Waals surface area contributed by atoms with Crippen molar-refractivity contribution in [2.45, 2.75) is 20.1 Å². The van der Waals surface area contributed by atoms with E-state index in [1.54, 1.807) is 6.92 Å². The second-order valence-electron chi connectivity index (χ2n) is 4.33. The lowest BCUT2D eigenvalue weighted by Gasteiger charge is -2.13. The number of nitrogens with one attached hydrogen (secondary N) is 1. The second-order valence-corrected chi connectivity index (χ2v) is 4.74. The molecule has 1 aromatic heterocycles. The van der Waals surface area contributed by atoms with Crippen molar-refractivity contribution in [1.82, 2.24) is 4.98 Å². The highest BCUT2D eigenvalue weighted by molar-refractivity contribution is 6.33. The Morgan fingerprint density at radius 2 is 2.15 bits per heavy atom. The number of anilines is 1. The van der Waals surface area contributed by atoms with Crippen LogP contribution in [0.1, 0.15) is 16.8 Å². The summed E-state index contributed by atoms with van der Waals surface area (Å²) < 4.78 is 13.0. The lowest BCUT2D eigenvalue weighted by molar-refractivity contribution is 0.279. The maximum atomic E-state index is 13.0. The average Bonchev–Trinajstić information content (AvgIpc) is 2.42. The molecule has 2 aromatic rings. The Labute approximate surface area is 120 Å². The van der Waals surface area contributed by atoms with Crippen molar-refractivity contribution in [2.75, 3.05) is 5.32 Å². The van der Waals surface area contributed by atoms with Gasteiger partial charge in [0.05, 0.1) is 23.0 Å². The van der Waals surface area contributed by atoms with E-state index >= 15 is 0 Å². The molecule has 0 aliphatic carbocycles. The van der Waals surface area contributed by atoms with Gasteiger partial charge in [-0.15, -0.1) is 0 Å². The number of aromatic hydroxyl groups is 1. The van der Waals surface area contributed by atoms with Gasteiger partial charge in [0.2, 0.25) is 0 Å². The van der Waals surface area contributed by atoms with Gasteiger partial charge in [-0.05, 0) is 25.1 Å². The number of rotatable bonds is 4. The summed E-state index contributed by atoms with van der Waals surface area (Å²) in [6.45, 7) is 1.69. The van der Waals surface area contributed by atoms with E-state index in [1.807, 2.05) is 0 Å². The number of aryl methyl sites for hydroxylation is 1. The molecule has 3 N–H and O–H groups in total. The lowest BCUT2D eigenvalue weighted by atomic mass is 10.1. The van der Waals surface area contributed by atoms with Crippen molar-refractivity contribution in [3.05, 3.63) is 52.1 Å². The molecule has 0 aliphatic heterocycles. The Kier molecular flexibility index (Phi) is 4.42. The van der Waals surface area contributed by atoms with E-state index in [0.29, 0.717) is 22.5 Å². The molecule has 4 nitrogen and oxygen atoms in total. The van der Waals surface area contributed by atoms with Gasteiger partial charge >= 0.3 is 0 Å². The zero-order valence-electron chi connectivity index (χ0n) is 10.8. The first-order chi connectivity index (χ1) is 9.52. The molecule has 20 heavy (non-hydrogen) atoms. The van der Waals surface area contributed by atoms with Crippen LogP contribution in [0.25, 0.3) is 0 Å². The molecule has 0 spiro atoms. The van der Waals surface area contributed by atoms with Crippen LogP contribution in [0.3, 0.4) is 0 Å². The summed E-state index contributed by atoms with van der Waals surface area (Å²) in [5.41, 5.74) is 2.09. The number of halogens is 2. The predicted molar refractivity (Wildman–Crippen MR) is 75.3 cm³/mol.